The standard InChI is InChI=1S/C15H13NO3/c1-10-4-5-13-11(7-10)8-14(19-13)15(17)16-9-12-3-2-6-18-12/h2-8H,9H2,1H3,(H,16,17). The summed E-state index contributed by atoms with van der Waals surface area (Å²) in [5.41, 5.74) is 1.85. The normalized spacial score (nSPS) is 10.8. The van der Waals surface area contributed by atoms with Gasteiger partial charge >= 0.3 is 0 Å². The molecule has 96 valence electrons. The van der Waals surface area contributed by atoms with E-state index in [1.54, 1.807) is 18.4 Å². The van der Waals surface area contributed by atoms with E-state index in [0.29, 0.717) is 23.6 Å². The molecule has 4 nitrogen and oxygen atoms in total. The third kappa shape index (κ3) is 2.38. The summed E-state index contributed by atoms with van der Waals surface area (Å²) in [6.45, 7) is 2.35. The molecule has 2 heterocycles. The Kier molecular flexibility index (Phi) is 2.83. The molecule has 4 heteroatoms. The van der Waals surface area contributed by atoms with Crippen LogP contribution in [0.2, 0.25) is 0 Å². The molecule has 1 N–H and O–H groups in total. The van der Waals surface area contributed by atoms with Gasteiger partial charge in [-0.15, -0.1) is 0 Å². The predicted octanol–water partition coefficient (Wildman–Crippen LogP) is 3.26. The van der Waals surface area contributed by atoms with Crippen molar-refractivity contribution in [3.8, 4) is 0 Å². The predicted molar refractivity (Wildman–Crippen MR) is 70.8 cm³/mol. The van der Waals surface area contributed by atoms with Gasteiger partial charge in [0.25, 0.3) is 5.91 Å². The zero-order valence-corrected chi connectivity index (χ0v) is 10.5. The van der Waals surface area contributed by atoms with Gasteiger partial charge < -0.3 is 14.2 Å². The minimum atomic E-state index is -0.245. The van der Waals surface area contributed by atoms with Crippen molar-refractivity contribution in [1.82, 2.24) is 5.32 Å². The van der Waals surface area contributed by atoms with E-state index in [9.17, 15) is 4.79 Å². The maximum Gasteiger partial charge on any atom is 0.287 e. The van der Waals surface area contributed by atoms with E-state index in [1.807, 2.05) is 31.2 Å². The fraction of sp³-hybridized carbons (Fsp3) is 0.133. The summed E-state index contributed by atoms with van der Waals surface area (Å²) in [6, 6.07) is 11.2. The summed E-state index contributed by atoms with van der Waals surface area (Å²) in [4.78, 5) is 11.9. The van der Waals surface area contributed by atoms with Gasteiger partial charge in [-0.05, 0) is 37.3 Å². The summed E-state index contributed by atoms with van der Waals surface area (Å²) >= 11 is 0. The quantitative estimate of drug-likeness (QED) is 0.781. The van der Waals surface area contributed by atoms with Gasteiger partial charge in [0.1, 0.15) is 11.3 Å². The second-order valence-corrected chi connectivity index (χ2v) is 4.41. The molecule has 3 aromatic rings. The summed E-state index contributed by atoms with van der Waals surface area (Å²) in [6.07, 6.45) is 1.57. The van der Waals surface area contributed by atoms with E-state index >= 15 is 0 Å². The molecule has 0 aliphatic heterocycles. The lowest BCUT2D eigenvalue weighted by molar-refractivity contribution is 0.0922. The van der Waals surface area contributed by atoms with E-state index in [1.165, 1.54) is 0 Å². The smallest absolute Gasteiger partial charge is 0.287 e. The van der Waals surface area contributed by atoms with Gasteiger partial charge in [-0.1, -0.05) is 11.6 Å². The van der Waals surface area contributed by atoms with Crippen molar-refractivity contribution >= 4 is 16.9 Å². The van der Waals surface area contributed by atoms with Gasteiger partial charge in [-0.25, -0.2) is 0 Å². The molecule has 0 bridgehead atoms. The second-order valence-electron chi connectivity index (χ2n) is 4.41. The molecule has 0 saturated carbocycles. The van der Waals surface area contributed by atoms with E-state index in [0.717, 1.165) is 10.9 Å². The van der Waals surface area contributed by atoms with Crippen LogP contribution >= 0.6 is 0 Å². The summed E-state index contributed by atoms with van der Waals surface area (Å²) in [5, 5.41) is 3.68. The number of rotatable bonds is 3. The summed E-state index contributed by atoms with van der Waals surface area (Å²) in [5.74, 6) is 0.776. The molecule has 0 unspecified atom stereocenters. The first kappa shape index (κ1) is 11.6. The molecule has 1 amide bonds. The molecule has 0 radical (unpaired) electrons. The number of aryl methyl sites for hydroxylation is 1. The number of amides is 1. The molecule has 3 rings (SSSR count). The number of fused-ring (bicyclic) bond motifs is 1. The lowest BCUT2D eigenvalue weighted by Crippen LogP contribution is -2.21. The lowest BCUT2D eigenvalue weighted by atomic mass is 10.2. The molecule has 0 spiro atoms. The first-order valence-electron chi connectivity index (χ1n) is 6.03. The maximum atomic E-state index is 11.9. The van der Waals surface area contributed by atoms with Crippen LogP contribution < -0.4 is 5.32 Å². The first-order valence-corrected chi connectivity index (χ1v) is 6.03. The Hall–Kier alpha value is -2.49. The molecule has 0 aliphatic carbocycles. The van der Waals surface area contributed by atoms with Crippen molar-refractivity contribution in [1.29, 1.82) is 0 Å². The minimum absolute atomic E-state index is 0.245. The van der Waals surface area contributed by atoms with Crippen LogP contribution in [0.1, 0.15) is 21.9 Å². The van der Waals surface area contributed by atoms with Crippen molar-refractivity contribution in [2.45, 2.75) is 13.5 Å². The van der Waals surface area contributed by atoms with Crippen molar-refractivity contribution in [3.05, 3.63) is 59.7 Å². The number of carbonyl (C=O) groups excluding carboxylic acids is 1. The van der Waals surface area contributed by atoms with Crippen molar-refractivity contribution in [2.75, 3.05) is 0 Å². The highest BCUT2D eigenvalue weighted by molar-refractivity contribution is 5.96. The SMILES string of the molecule is Cc1ccc2oc(C(=O)NCc3ccco3)cc2c1. The zero-order chi connectivity index (χ0) is 13.2. The molecule has 0 fully saturated rings. The Balaban J connectivity index is 1.77. The van der Waals surface area contributed by atoms with Crippen molar-refractivity contribution < 1.29 is 13.6 Å². The van der Waals surface area contributed by atoms with Gasteiger partial charge in [0, 0.05) is 5.39 Å². The van der Waals surface area contributed by atoms with Gasteiger partial charge in [0.15, 0.2) is 5.76 Å². The first-order chi connectivity index (χ1) is 9.22. The number of carbonyl (C=O) groups is 1. The fourth-order valence-corrected chi connectivity index (χ4v) is 1.94. The van der Waals surface area contributed by atoms with Crippen LogP contribution in [0.25, 0.3) is 11.0 Å². The molecule has 19 heavy (non-hydrogen) atoms. The molecule has 0 aliphatic rings. The highest BCUT2D eigenvalue weighted by Gasteiger charge is 2.12. The largest absolute Gasteiger partial charge is 0.467 e. The Bertz CT molecular complexity index is 710. The van der Waals surface area contributed by atoms with Crippen LogP contribution in [0.15, 0.2) is 51.5 Å². The molecule has 2 aromatic heterocycles. The van der Waals surface area contributed by atoms with E-state index in [4.69, 9.17) is 8.83 Å². The number of nitrogens with one attached hydrogen (secondary N) is 1. The third-order valence-corrected chi connectivity index (χ3v) is 2.90. The second kappa shape index (κ2) is 4.65. The molecule has 0 saturated heterocycles. The minimum Gasteiger partial charge on any atom is -0.467 e. The maximum absolute atomic E-state index is 11.9. The van der Waals surface area contributed by atoms with Crippen LogP contribution in [-0.2, 0) is 6.54 Å². The molecule has 0 atom stereocenters. The summed E-state index contributed by atoms with van der Waals surface area (Å²) in [7, 11) is 0. The highest BCUT2D eigenvalue weighted by atomic mass is 16.3. The van der Waals surface area contributed by atoms with Crippen LogP contribution in [0.3, 0.4) is 0 Å². The number of benzene rings is 1. The Morgan fingerprint density at radius 2 is 2.16 bits per heavy atom. The van der Waals surface area contributed by atoms with E-state index < -0.39 is 0 Å². The third-order valence-electron chi connectivity index (χ3n) is 2.90. The molecular weight excluding hydrogens is 242 g/mol. The number of furan rings is 2. The lowest BCUT2D eigenvalue weighted by Gasteiger charge is -1.99. The number of hydrogen-bond acceptors (Lipinski definition) is 3. The highest BCUT2D eigenvalue weighted by Crippen LogP contribution is 2.20. The van der Waals surface area contributed by atoms with E-state index in [-0.39, 0.29) is 5.91 Å². The van der Waals surface area contributed by atoms with Gasteiger partial charge in [0.2, 0.25) is 0 Å². The monoisotopic (exact) mass is 255 g/mol. The Morgan fingerprint density at radius 1 is 1.26 bits per heavy atom. The van der Waals surface area contributed by atoms with Crippen LogP contribution in [-0.4, -0.2) is 5.91 Å². The van der Waals surface area contributed by atoms with E-state index in [2.05, 4.69) is 5.32 Å². The van der Waals surface area contributed by atoms with Crippen LogP contribution in [0.4, 0.5) is 0 Å². The Labute approximate surface area is 110 Å². The van der Waals surface area contributed by atoms with Crippen LogP contribution in [0.5, 0.6) is 0 Å². The fourth-order valence-electron chi connectivity index (χ4n) is 1.94. The average Bonchev–Trinajstić information content (AvgIpc) is 3.04. The van der Waals surface area contributed by atoms with Gasteiger partial charge in [-0.2, -0.15) is 0 Å². The van der Waals surface area contributed by atoms with Crippen molar-refractivity contribution in [2.24, 2.45) is 0 Å². The topological polar surface area (TPSA) is 55.4 Å². The average molecular weight is 255 g/mol. The zero-order valence-electron chi connectivity index (χ0n) is 10.5. The van der Waals surface area contributed by atoms with Crippen molar-refractivity contribution in [3.63, 3.8) is 0 Å². The molecular formula is C15H13NO3. The number of hydrogen-bond donors (Lipinski definition) is 1. The van der Waals surface area contributed by atoms with Gasteiger partial charge in [-0.3, -0.25) is 4.79 Å². The Morgan fingerprint density at radius 3 is 2.95 bits per heavy atom. The van der Waals surface area contributed by atoms with Gasteiger partial charge in [0.05, 0.1) is 12.8 Å². The molecule has 1 aromatic carbocycles. The van der Waals surface area contributed by atoms with Crippen LogP contribution in [0, 0.1) is 6.92 Å². The summed E-state index contributed by atoms with van der Waals surface area (Å²) < 4.78 is 10.7.